The molecule has 0 bridgehead atoms. The third kappa shape index (κ3) is 3.73. The predicted octanol–water partition coefficient (Wildman–Crippen LogP) is 4.53. The van der Waals surface area contributed by atoms with Gasteiger partial charge in [-0.1, -0.05) is 28.7 Å². The minimum Gasteiger partial charge on any atom is -0.462 e. The van der Waals surface area contributed by atoms with E-state index < -0.39 is 12.0 Å². The van der Waals surface area contributed by atoms with Gasteiger partial charge in [0, 0.05) is 17.5 Å². The maximum atomic E-state index is 13.9. The van der Waals surface area contributed by atoms with Gasteiger partial charge in [-0.05, 0) is 18.6 Å². The van der Waals surface area contributed by atoms with Crippen LogP contribution >= 0.6 is 33.9 Å². The fraction of sp³-hybridized carbons (Fsp3) is 0.333. The summed E-state index contributed by atoms with van der Waals surface area (Å²) in [7, 11) is 0. The van der Waals surface area contributed by atoms with Gasteiger partial charge < -0.3 is 29.2 Å². The minimum atomic E-state index is -0.558. The van der Waals surface area contributed by atoms with Gasteiger partial charge in [-0.25, -0.2) is 14.6 Å². The highest BCUT2D eigenvalue weighted by Crippen LogP contribution is 2.54. The van der Waals surface area contributed by atoms with Crippen molar-refractivity contribution in [3.8, 4) is 17.6 Å². The first-order chi connectivity index (χ1) is 18.1. The quantitative estimate of drug-likeness (QED) is 0.245. The van der Waals surface area contributed by atoms with Gasteiger partial charge in [0.05, 0.1) is 36.6 Å². The van der Waals surface area contributed by atoms with Gasteiger partial charge in [0.1, 0.15) is 27.0 Å². The number of nitriles is 1. The summed E-state index contributed by atoms with van der Waals surface area (Å²) >= 11 is 3.35. The first-order valence-corrected chi connectivity index (χ1v) is 13.9. The molecule has 13 heteroatoms. The molecule has 5 heterocycles. The number of nitrogens with zero attached hydrogens (tertiary/aromatic N) is 4. The van der Waals surface area contributed by atoms with Crippen molar-refractivity contribution in [3.05, 3.63) is 28.1 Å². The van der Waals surface area contributed by atoms with Gasteiger partial charge in [0.25, 0.3) is 0 Å². The largest absolute Gasteiger partial charge is 0.462 e. The van der Waals surface area contributed by atoms with Crippen molar-refractivity contribution >= 4 is 79.0 Å². The highest BCUT2D eigenvalue weighted by molar-refractivity contribution is 14.1. The Kier molecular flexibility index (Phi) is 6.17. The summed E-state index contributed by atoms with van der Waals surface area (Å²) in [6, 6.07) is 5.46. The SMILES string of the molecule is CCOC(=O)c1sc2nc(N3CCOCC3)c(C#N)c3c2c1NC(=O)N3c1c(CI)ccc2c1OCO2. The van der Waals surface area contributed by atoms with Crippen molar-refractivity contribution in [3.63, 3.8) is 0 Å². The minimum absolute atomic E-state index is 0.0229. The van der Waals surface area contributed by atoms with Crippen molar-refractivity contribution in [2.75, 3.05) is 54.8 Å². The molecule has 1 N–H and O–H groups in total. The number of halogens is 1. The molecule has 3 aliphatic rings. The van der Waals surface area contributed by atoms with Crippen LogP contribution in [0.2, 0.25) is 0 Å². The first-order valence-electron chi connectivity index (χ1n) is 11.6. The fourth-order valence-electron chi connectivity index (χ4n) is 4.72. The molecule has 1 saturated heterocycles. The van der Waals surface area contributed by atoms with Gasteiger partial charge in [-0.2, -0.15) is 5.26 Å². The topological polar surface area (TPSA) is 126 Å². The number of anilines is 4. The number of benzene rings is 1. The lowest BCUT2D eigenvalue weighted by Gasteiger charge is -2.34. The third-order valence-corrected chi connectivity index (χ3v) is 8.19. The van der Waals surface area contributed by atoms with E-state index in [4.69, 9.17) is 23.9 Å². The smallest absolute Gasteiger partial charge is 0.350 e. The lowest BCUT2D eigenvalue weighted by Crippen LogP contribution is -2.39. The zero-order valence-electron chi connectivity index (χ0n) is 19.6. The molecule has 37 heavy (non-hydrogen) atoms. The van der Waals surface area contributed by atoms with E-state index in [1.165, 1.54) is 4.90 Å². The zero-order valence-corrected chi connectivity index (χ0v) is 22.6. The zero-order chi connectivity index (χ0) is 25.7. The number of thiophene rings is 1. The van der Waals surface area contributed by atoms with Crippen LogP contribution in [-0.2, 0) is 13.9 Å². The Bertz CT molecular complexity index is 1500. The van der Waals surface area contributed by atoms with E-state index in [1.54, 1.807) is 6.92 Å². The Morgan fingerprint density at radius 3 is 2.84 bits per heavy atom. The summed E-state index contributed by atoms with van der Waals surface area (Å²) in [5, 5.41) is 13.8. The lowest BCUT2D eigenvalue weighted by atomic mass is 10.0. The Labute approximate surface area is 229 Å². The first kappa shape index (κ1) is 24.0. The third-order valence-electron chi connectivity index (χ3n) is 6.30. The second-order valence-corrected chi connectivity index (χ2v) is 10.0. The van der Waals surface area contributed by atoms with Gasteiger partial charge in [-0.15, -0.1) is 11.3 Å². The number of urea groups is 1. The number of fused-ring (bicyclic) bond motifs is 1. The average molecular weight is 633 g/mol. The van der Waals surface area contributed by atoms with E-state index in [0.717, 1.165) is 16.9 Å². The Balaban J connectivity index is 1.69. The van der Waals surface area contributed by atoms with Crippen molar-refractivity contribution in [1.29, 1.82) is 5.26 Å². The van der Waals surface area contributed by atoms with E-state index >= 15 is 0 Å². The number of alkyl halides is 1. The van der Waals surface area contributed by atoms with E-state index in [2.05, 4.69) is 34.0 Å². The Hall–Kier alpha value is -3.35. The lowest BCUT2D eigenvalue weighted by molar-refractivity contribution is 0.0533. The fourth-order valence-corrected chi connectivity index (χ4v) is 6.36. The molecule has 3 aliphatic heterocycles. The van der Waals surface area contributed by atoms with E-state index in [9.17, 15) is 14.9 Å². The van der Waals surface area contributed by atoms with Crippen LogP contribution in [0.4, 0.5) is 27.7 Å². The van der Waals surface area contributed by atoms with Crippen LogP contribution in [0.5, 0.6) is 11.5 Å². The summed E-state index contributed by atoms with van der Waals surface area (Å²) in [4.78, 5) is 35.7. The molecule has 2 amide bonds. The maximum Gasteiger partial charge on any atom is 0.350 e. The number of nitrogens with one attached hydrogen (secondary N) is 1. The van der Waals surface area contributed by atoms with Crippen LogP contribution in [0.1, 0.15) is 27.7 Å². The molecule has 6 rings (SSSR count). The molecule has 1 fully saturated rings. The molecule has 0 unspecified atom stereocenters. The number of hydrogen-bond acceptors (Lipinski definition) is 10. The molecule has 1 aromatic carbocycles. The number of carbonyl (C=O) groups excluding carboxylic acids is 2. The van der Waals surface area contributed by atoms with Crippen LogP contribution in [0.25, 0.3) is 10.2 Å². The normalized spacial score (nSPS) is 16.1. The van der Waals surface area contributed by atoms with Crippen molar-refractivity contribution in [2.24, 2.45) is 0 Å². The van der Waals surface area contributed by atoms with Crippen LogP contribution in [-0.4, -0.2) is 56.7 Å². The Morgan fingerprint density at radius 1 is 1.30 bits per heavy atom. The molecule has 0 saturated carbocycles. The predicted molar refractivity (Wildman–Crippen MR) is 145 cm³/mol. The number of esters is 1. The van der Waals surface area contributed by atoms with E-state index in [1.807, 2.05) is 17.0 Å². The molecule has 0 radical (unpaired) electrons. The Morgan fingerprint density at radius 2 is 2.11 bits per heavy atom. The number of morpholine rings is 1. The van der Waals surface area contributed by atoms with Crippen LogP contribution in [0.3, 0.4) is 0 Å². The number of hydrogen-bond donors (Lipinski definition) is 1. The molecular weight excluding hydrogens is 613 g/mol. The monoisotopic (exact) mass is 633 g/mol. The van der Waals surface area contributed by atoms with Crippen LogP contribution < -0.4 is 24.6 Å². The molecule has 0 spiro atoms. The van der Waals surface area contributed by atoms with Gasteiger partial charge in [0.2, 0.25) is 6.79 Å². The van der Waals surface area contributed by atoms with Crippen molar-refractivity contribution in [2.45, 2.75) is 11.4 Å². The summed E-state index contributed by atoms with van der Waals surface area (Å²) < 4.78 is 22.7. The highest BCUT2D eigenvalue weighted by atomic mass is 127. The second-order valence-electron chi connectivity index (χ2n) is 8.28. The number of rotatable bonds is 5. The van der Waals surface area contributed by atoms with E-state index in [0.29, 0.717) is 75.3 Å². The van der Waals surface area contributed by atoms with Crippen molar-refractivity contribution in [1.82, 2.24) is 4.98 Å². The maximum absolute atomic E-state index is 13.9. The van der Waals surface area contributed by atoms with Crippen LogP contribution in [0.15, 0.2) is 12.1 Å². The molecular formula is C24H20IN5O6S. The summed E-state index contributed by atoms with van der Waals surface area (Å²) in [6.07, 6.45) is 0. The number of amides is 2. The summed E-state index contributed by atoms with van der Waals surface area (Å²) in [6.45, 7) is 3.98. The molecule has 11 nitrogen and oxygen atoms in total. The standard InChI is InChI=1S/C24H20IN5O6S/c1-2-34-23(31)20-16-15-18(13(10-26)21(28-22(15)37-20)29-5-7-33-8-6-29)30(24(32)27-16)17-12(9-25)3-4-14-19(17)36-11-35-14/h3-4H,2,5-9,11H2,1H3,(H,27,32). The van der Waals surface area contributed by atoms with Gasteiger partial charge >= 0.3 is 12.0 Å². The summed E-state index contributed by atoms with van der Waals surface area (Å²) in [5.41, 5.74) is 2.21. The summed E-state index contributed by atoms with van der Waals surface area (Å²) in [5.74, 6) is 0.821. The number of carbonyl (C=O) groups is 2. The molecule has 190 valence electrons. The molecule has 2 aromatic heterocycles. The van der Waals surface area contributed by atoms with Gasteiger partial charge in [0.15, 0.2) is 17.3 Å². The molecule has 3 aromatic rings. The number of ether oxygens (including phenoxy) is 4. The molecule has 0 atom stereocenters. The van der Waals surface area contributed by atoms with Crippen molar-refractivity contribution < 1.29 is 28.5 Å². The highest BCUT2D eigenvalue weighted by Gasteiger charge is 2.40. The average Bonchev–Trinajstić information content (AvgIpc) is 3.54. The number of pyridine rings is 1. The van der Waals surface area contributed by atoms with E-state index in [-0.39, 0.29) is 23.8 Å². The van der Waals surface area contributed by atoms with Crippen LogP contribution in [0, 0.1) is 11.3 Å². The number of aromatic nitrogens is 1. The molecule has 0 aliphatic carbocycles. The van der Waals surface area contributed by atoms with Gasteiger partial charge in [-0.3, -0.25) is 4.90 Å². The second kappa shape index (κ2) is 9.51.